The second-order valence-electron chi connectivity index (χ2n) is 1.61. The van der Waals surface area contributed by atoms with E-state index in [4.69, 9.17) is 15.0 Å². The molecule has 0 aromatic heterocycles. The largest absolute Gasteiger partial charge is 0.325 e. The van der Waals surface area contributed by atoms with Crippen molar-refractivity contribution in [1.82, 2.24) is 0 Å². The molecule has 0 saturated carbocycles. The molecule has 4 nitrogen and oxygen atoms in total. The van der Waals surface area contributed by atoms with Gasteiger partial charge < -0.3 is 9.79 Å². The maximum absolute atomic E-state index is 9.93. The van der Waals surface area contributed by atoms with Gasteiger partial charge in [0.2, 0.25) is 0 Å². The second-order valence-corrected chi connectivity index (χ2v) is 3.39. The summed E-state index contributed by atoms with van der Waals surface area (Å²) in [4.78, 5) is 16.3. The van der Waals surface area contributed by atoms with Crippen LogP contribution in [-0.2, 0) is 4.57 Å². The fraction of sp³-hybridized carbons (Fsp3) is 0.800. The lowest BCUT2D eigenvalue weighted by molar-refractivity contribution is 0.372. The molecule has 0 spiro atoms. The maximum Gasteiger partial charge on any atom is 0.325 e. The van der Waals surface area contributed by atoms with Crippen LogP contribution in [0.3, 0.4) is 0 Å². The monoisotopic (exact) mass is 165 g/mol. The van der Waals surface area contributed by atoms with Crippen LogP contribution in [0.25, 0.3) is 0 Å². The molecule has 0 aliphatic carbocycles. The van der Waals surface area contributed by atoms with E-state index in [2.05, 4.69) is 0 Å². The van der Waals surface area contributed by atoms with Crippen molar-refractivity contribution < 1.29 is 14.4 Å². The standard InChI is InChI=1S/C3H9O3P.C2H3N/c1-2-3-7(4,5)6;1-2-3/h2-3H2,1H3,(H2,4,5,6);1H3. The van der Waals surface area contributed by atoms with Gasteiger partial charge in [-0.1, -0.05) is 6.92 Å². The zero-order valence-corrected chi connectivity index (χ0v) is 7.01. The van der Waals surface area contributed by atoms with Crippen LogP contribution in [0.15, 0.2) is 0 Å². The Bertz CT molecular complexity index is 145. The summed E-state index contributed by atoms with van der Waals surface area (Å²) in [5, 5.41) is 7.32. The van der Waals surface area contributed by atoms with Crippen LogP contribution in [0.2, 0.25) is 0 Å². The number of hydrogen-bond donors (Lipinski definition) is 2. The minimum Gasteiger partial charge on any atom is -0.324 e. The molecule has 60 valence electrons. The Morgan fingerprint density at radius 3 is 1.90 bits per heavy atom. The molecule has 2 N–H and O–H groups in total. The predicted octanol–water partition coefficient (Wildman–Crippen LogP) is 1.10. The minimum absolute atomic E-state index is 0.00694. The molecule has 5 heteroatoms. The highest BCUT2D eigenvalue weighted by atomic mass is 31.2. The second kappa shape index (κ2) is 6.76. The highest BCUT2D eigenvalue weighted by Crippen LogP contribution is 2.34. The van der Waals surface area contributed by atoms with Crippen molar-refractivity contribution in [3.8, 4) is 6.07 Å². The van der Waals surface area contributed by atoms with Gasteiger partial charge in [0.25, 0.3) is 0 Å². The lowest BCUT2D eigenvalue weighted by Crippen LogP contribution is -1.82. The van der Waals surface area contributed by atoms with Crippen LogP contribution in [0.4, 0.5) is 0 Å². The molecule has 0 saturated heterocycles. The quantitative estimate of drug-likeness (QED) is 0.600. The number of nitriles is 1. The van der Waals surface area contributed by atoms with Gasteiger partial charge in [-0.15, -0.1) is 0 Å². The van der Waals surface area contributed by atoms with Gasteiger partial charge in [0, 0.05) is 13.1 Å². The van der Waals surface area contributed by atoms with Crippen molar-refractivity contribution in [2.45, 2.75) is 20.3 Å². The molecule has 0 amide bonds. The van der Waals surface area contributed by atoms with E-state index in [9.17, 15) is 4.57 Å². The Morgan fingerprint density at radius 2 is 1.90 bits per heavy atom. The number of nitrogens with zero attached hydrogens (tertiary/aromatic N) is 1. The van der Waals surface area contributed by atoms with Gasteiger partial charge in [0.1, 0.15) is 0 Å². The average Bonchev–Trinajstić information content (AvgIpc) is 1.63. The molecule has 0 aliphatic rings. The molecule has 0 atom stereocenters. The topological polar surface area (TPSA) is 81.3 Å². The number of rotatable bonds is 2. The zero-order valence-electron chi connectivity index (χ0n) is 6.11. The third-order valence-electron chi connectivity index (χ3n) is 0.515. The van der Waals surface area contributed by atoms with E-state index < -0.39 is 7.60 Å². The molecule has 0 fully saturated rings. The summed E-state index contributed by atoms with van der Waals surface area (Å²) in [5.41, 5.74) is 0. The summed E-state index contributed by atoms with van der Waals surface area (Å²) < 4.78 is 9.93. The first-order valence-electron chi connectivity index (χ1n) is 2.83. The van der Waals surface area contributed by atoms with Gasteiger partial charge >= 0.3 is 7.60 Å². The normalized spacial score (nSPS) is 9.10. The molecule has 10 heavy (non-hydrogen) atoms. The Morgan fingerprint density at radius 1 is 1.60 bits per heavy atom. The van der Waals surface area contributed by atoms with Gasteiger partial charge in [-0.2, -0.15) is 5.26 Å². The van der Waals surface area contributed by atoms with Gasteiger partial charge in [-0.3, -0.25) is 4.57 Å². The average molecular weight is 165 g/mol. The van der Waals surface area contributed by atoms with Crippen LogP contribution < -0.4 is 0 Å². The zero-order chi connectivity index (χ0) is 8.62. The van der Waals surface area contributed by atoms with Crippen LogP contribution >= 0.6 is 7.60 Å². The van der Waals surface area contributed by atoms with Crippen molar-refractivity contribution in [2.75, 3.05) is 6.16 Å². The van der Waals surface area contributed by atoms with E-state index in [1.165, 1.54) is 6.92 Å². The van der Waals surface area contributed by atoms with Crippen LogP contribution in [0, 0.1) is 11.3 Å². The SMILES string of the molecule is CC#N.CCCP(=O)(O)O. The molecule has 0 unspecified atom stereocenters. The van der Waals surface area contributed by atoms with Crippen molar-refractivity contribution in [3.05, 3.63) is 0 Å². The molecule has 0 radical (unpaired) electrons. The first-order chi connectivity index (χ1) is 4.47. The van der Waals surface area contributed by atoms with Crippen LogP contribution in [0.5, 0.6) is 0 Å². The summed E-state index contributed by atoms with van der Waals surface area (Å²) >= 11 is 0. The van der Waals surface area contributed by atoms with Gasteiger partial charge in [0.15, 0.2) is 0 Å². The predicted molar refractivity (Wildman–Crippen MR) is 38.5 cm³/mol. The van der Waals surface area contributed by atoms with E-state index in [1.54, 1.807) is 13.0 Å². The molecular weight excluding hydrogens is 153 g/mol. The summed E-state index contributed by atoms with van der Waals surface area (Å²) in [5.74, 6) is 0. The Hall–Kier alpha value is -0.360. The van der Waals surface area contributed by atoms with Crippen molar-refractivity contribution in [2.24, 2.45) is 0 Å². The molecule has 0 aliphatic heterocycles. The smallest absolute Gasteiger partial charge is 0.324 e. The Labute approximate surface area is 60.6 Å². The lowest BCUT2D eigenvalue weighted by atomic mass is 10.6. The first-order valence-corrected chi connectivity index (χ1v) is 4.63. The van der Waals surface area contributed by atoms with Gasteiger partial charge in [0.05, 0.1) is 6.07 Å². The highest BCUT2D eigenvalue weighted by Gasteiger charge is 2.08. The van der Waals surface area contributed by atoms with E-state index in [0.29, 0.717) is 6.42 Å². The Kier molecular flexibility index (Phi) is 8.33. The molecule has 0 aromatic rings. The van der Waals surface area contributed by atoms with Crippen molar-refractivity contribution >= 4 is 7.60 Å². The van der Waals surface area contributed by atoms with E-state index in [1.807, 2.05) is 0 Å². The summed E-state index contributed by atoms with van der Waals surface area (Å²) in [6.45, 7) is 3.17. The van der Waals surface area contributed by atoms with Gasteiger partial charge in [-0.25, -0.2) is 0 Å². The summed E-state index contributed by atoms with van der Waals surface area (Å²) in [7, 11) is -3.67. The van der Waals surface area contributed by atoms with E-state index >= 15 is 0 Å². The fourth-order valence-electron chi connectivity index (χ4n) is 0.291. The van der Waals surface area contributed by atoms with Crippen LogP contribution in [-0.4, -0.2) is 15.9 Å². The molecule has 0 heterocycles. The summed E-state index contributed by atoms with van der Waals surface area (Å²) in [6.07, 6.45) is 0.553. The van der Waals surface area contributed by atoms with Crippen LogP contribution in [0.1, 0.15) is 20.3 Å². The van der Waals surface area contributed by atoms with E-state index in [-0.39, 0.29) is 6.16 Å². The first kappa shape index (κ1) is 12.3. The molecular formula is C5H12NO3P. The number of hydrogen-bond acceptors (Lipinski definition) is 2. The minimum atomic E-state index is -3.67. The lowest BCUT2D eigenvalue weighted by Gasteiger charge is -1.96. The van der Waals surface area contributed by atoms with Crippen molar-refractivity contribution in [1.29, 1.82) is 5.26 Å². The molecule has 0 aromatic carbocycles. The highest BCUT2D eigenvalue weighted by molar-refractivity contribution is 7.51. The van der Waals surface area contributed by atoms with Crippen molar-refractivity contribution in [3.63, 3.8) is 0 Å². The third-order valence-corrected chi connectivity index (χ3v) is 1.54. The maximum atomic E-state index is 9.93. The third kappa shape index (κ3) is 25.4. The fourth-order valence-corrected chi connectivity index (χ4v) is 0.874. The molecule has 0 bridgehead atoms. The Balaban J connectivity index is 0. The molecule has 0 rings (SSSR count). The van der Waals surface area contributed by atoms with Gasteiger partial charge in [-0.05, 0) is 6.42 Å². The summed E-state index contributed by atoms with van der Waals surface area (Å²) in [6, 6.07) is 1.75. The van der Waals surface area contributed by atoms with E-state index in [0.717, 1.165) is 0 Å².